The first kappa shape index (κ1) is 23.0. The number of thiazole rings is 1. The Bertz CT molecular complexity index is 730. The molecule has 2 aliphatic rings. The third kappa shape index (κ3) is 6.65. The molecule has 2 amide bonds. The number of nitrogens with zero attached hydrogens (tertiary/aromatic N) is 3. The van der Waals surface area contributed by atoms with Crippen molar-refractivity contribution in [1.29, 1.82) is 0 Å². The summed E-state index contributed by atoms with van der Waals surface area (Å²) in [6.07, 6.45) is 1.40. The molecule has 168 valence electrons. The number of nitrogens with one attached hydrogen (secondary N) is 1. The van der Waals surface area contributed by atoms with Crippen LogP contribution in [0.5, 0.6) is 0 Å². The second kappa shape index (κ2) is 9.62. The van der Waals surface area contributed by atoms with Gasteiger partial charge in [-0.2, -0.15) is 0 Å². The van der Waals surface area contributed by atoms with Crippen LogP contribution in [0.4, 0.5) is 9.93 Å². The Labute approximate surface area is 182 Å². The van der Waals surface area contributed by atoms with Crippen LogP contribution < -0.4 is 5.32 Å². The number of carbonyl (C=O) groups is 2. The molecule has 9 heteroatoms. The maximum Gasteiger partial charge on any atom is 0.410 e. The summed E-state index contributed by atoms with van der Waals surface area (Å²) in [7, 11) is 0. The fraction of sp³-hybridized carbons (Fsp3) is 0.762. The van der Waals surface area contributed by atoms with Crippen molar-refractivity contribution in [1.82, 2.24) is 14.8 Å². The molecular weight excluding hydrogens is 404 g/mol. The molecule has 0 bridgehead atoms. The molecule has 2 fully saturated rings. The minimum atomic E-state index is -0.509. The molecule has 8 nitrogen and oxygen atoms in total. The second-order valence-electron chi connectivity index (χ2n) is 9.33. The lowest BCUT2D eigenvalue weighted by Gasteiger charge is -2.34. The lowest BCUT2D eigenvalue weighted by atomic mass is 9.96. The van der Waals surface area contributed by atoms with Crippen LogP contribution in [0.2, 0.25) is 0 Å². The first-order chi connectivity index (χ1) is 14.1. The standard InChI is InChI=1S/C21H34N4O4S/c1-14-10-24(11-15(2)28-14)12-17-13-30-19(22-17)23-18(26)16-6-8-25(9-7-16)20(27)29-21(3,4)5/h13-16H,6-12H2,1-5H3,(H,22,23,26). The van der Waals surface area contributed by atoms with Crippen LogP contribution in [0.1, 0.15) is 53.2 Å². The number of piperidine rings is 1. The smallest absolute Gasteiger partial charge is 0.410 e. The van der Waals surface area contributed by atoms with Gasteiger partial charge in [0.25, 0.3) is 0 Å². The summed E-state index contributed by atoms with van der Waals surface area (Å²) < 4.78 is 11.2. The monoisotopic (exact) mass is 438 g/mol. The van der Waals surface area contributed by atoms with E-state index in [2.05, 4.69) is 29.0 Å². The second-order valence-corrected chi connectivity index (χ2v) is 10.2. The number of anilines is 1. The van der Waals surface area contributed by atoms with Gasteiger partial charge in [-0.05, 0) is 47.5 Å². The van der Waals surface area contributed by atoms with Crippen molar-refractivity contribution >= 4 is 28.5 Å². The topological polar surface area (TPSA) is 84.0 Å². The fourth-order valence-electron chi connectivity index (χ4n) is 3.94. The van der Waals surface area contributed by atoms with Crippen molar-refractivity contribution in [3.63, 3.8) is 0 Å². The van der Waals surface area contributed by atoms with Crippen molar-refractivity contribution in [3.8, 4) is 0 Å². The molecule has 3 rings (SSSR count). The first-order valence-electron chi connectivity index (χ1n) is 10.7. The molecule has 2 atom stereocenters. The Morgan fingerprint density at radius 1 is 1.23 bits per heavy atom. The molecule has 2 aliphatic heterocycles. The summed E-state index contributed by atoms with van der Waals surface area (Å²) in [5.74, 6) is -0.134. The van der Waals surface area contributed by atoms with E-state index in [9.17, 15) is 9.59 Å². The summed E-state index contributed by atoms with van der Waals surface area (Å²) in [5, 5.41) is 5.60. The molecule has 0 aliphatic carbocycles. The van der Waals surface area contributed by atoms with Crippen molar-refractivity contribution < 1.29 is 19.1 Å². The predicted octanol–water partition coefficient (Wildman–Crippen LogP) is 3.34. The van der Waals surface area contributed by atoms with Crippen molar-refractivity contribution in [3.05, 3.63) is 11.1 Å². The Hall–Kier alpha value is -1.71. The number of ether oxygens (including phenoxy) is 2. The number of carbonyl (C=O) groups excluding carboxylic acids is 2. The summed E-state index contributed by atoms with van der Waals surface area (Å²) >= 11 is 1.46. The molecule has 0 spiro atoms. The number of hydrogen-bond donors (Lipinski definition) is 1. The molecule has 1 aromatic rings. The largest absolute Gasteiger partial charge is 0.444 e. The zero-order chi connectivity index (χ0) is 21.9. The number of hydrogen-bond acceptors (Lipinski definition) is 7. The molecule has 2 saturated heterocycles. The summed E-state index contributed by atoms with van der Waals surface area (Å²) in [6.45, 7) is 13.3. The van der Waals surface area contributed by atoms with Gasteiger partial charge in [-0.25, -0.2) is 9.78 Å². The minimum Gasteiger partial charge on any atom is -0.444 e. The summed E-state index contributed by atoms with van der Waals surface area (Å²) in [5.41, 5.74) is 0.460. The van der Waals surface area contributed by atoms with Crippen molar-refractivity contribution in [2.45, 2.75) is 71.8 Å². The van der Waals surface area contributed by atoms with Crippen molar-refractivity contribution in [2.75, 3.05) is 31.5 Å². The van der Waals surface area contributed by atoms with E-state index in [1.807, 2.05) is 26.2 Å². The maximum absolute atomic E-state index is 12.7. The molecule has 30 heavy (non-hydrogen) atoms. The fourth-order valence-corrected chi connectivity index (χ4v) is 4.64. The van der Waals surface area contributed by atoms with Crippen LogP contribution in [-0.2, 0) is 20.8 Å². The first-order valence-corrected chi connectivity index (χ1v) is 11.6. The highest BCUT2D eigenvalue weighted by Crippen LogP contribution is 2.24. The normalized spacial score (nSPS) is 24.0. The number of morpholine rings is 1. The zero-order valence-electron chi connectivity index (χ0n) is 18.6. The highest BCUT2D eigenvalue weighted by atomic mass is 32.1. The van der Waals surface area contributed by atoms with Gasteiger partial charge in [-0.15, -0.1) is 11.3 Å². The molecule has 1 N–H and O–H groups in total. The average molecular weight is 439 g/mol. The van der Waals surface area contributed by atoms with Crippen LogP contribution in [0, 0.1) is 5.92 Å². The lowest BCUT2D eigenvalue weighted by molar-refractivity contribution is -0.121. The van der Waals surface area contributed by atoms with E-state index in [0.717, 1.165) is 25.3 Å². The molecule has 3 heterocycles. The van der Waals surface area contributed by atoms with Gasteiger partial charge < -0.3 is 19.7 Å². The van der Waals surface area contributed by atoms with Gasteiger partial charge >= 0.3 is 6.09 Å². The van der Waals surface area contributed by atoms with Gasteiger partial charge in [0, 0.05) is 44.0 Å². The quantitative estimate of drug-likeness (QED) is 0.776. The molecule has 0 radical (unpaired) electrons. The summed E-state index contributed by atoms with van der Waals surface area (Å²) in [4.78, 5) is 33.4. The van der Waals surface area contributed by atoms with Gasteiger partial charge in [0.15, 0.2) is 5.13 Å². The Balaban J connectivity index is 1.45. The van der Waals surface area contributed by atoms with Crippen LogP contribution in [-0.4, -0.2) is 70.8 Å². The number of aromatic nitrogens is 1. The van der Waals surface area contributed by atoms with Crippen LogP contribution in [0.3, 0.4) is 0 Å². The SMILES string of the molecule is CC1CN(Cc2csc(NC(=O)C3CCN(C(=O)OC(C)(C)C)CC3)n2)CC(C)O1. The van der Waals surface area contributed by atoms with E-state index >= 15 is 0 Å². The van der Waals surface area contributed by atoms with E-state index in [1.165, 1.54) is 11.3 Å². The molecule has 1 aromatic heterocycles. The molecule has 2 unspecified atom stereocenters. The highest BCUT2D eigenvalue weighted by molar-refractivity contribution is 7.13. The predicted molar refractivity (Wildman–Crippen MR) is 117 cm³/mol. The average Bonchev–Trinajstić information content (AvgIpc) is 3.06. The van der Waals surface area contributed by atoms with E-state index in [-0.39, 0.29) is 30.1 Å². The number of rotatable bonds is 4. The minimum absolute atomic E-state index is 0.0200. The van der Waals surface area contributed by atoms with E-state index in [1.54, 1.807) is 4.90 Å². The lowest BCUT2D eigenvalue weighted by Crippen LogP contribution is -2.44. The van der Waals surface area contributed by atoms with Crippen molar-refractivity contribution in [2.24, 2.45) is 5.92 Å². The Morgan fingerprint density at radius 2 is 1.87 bits per heavy atom. The van der Waals surface area contributed by atoms with E-state index < -0.39 is 5.60 Å². The maximum atomic E-state index is 12.7. The van der Waals surface area contributed by atoms with Crippen LogP contribution in [0.15, 0.2) is 5.38 Å². The van der Waals surface area contributed by atoms with E-state index in [0.29, 0.717) is 31.1 Å². The van der Waals surface area contributed by atoms with E-state index in [4.69, 9.17) is 9.47 Å². The molecular formula is C21H34N4O4S. The van der Waals surface area contributed by atoms with Gasteiger partial charge in [-0.3, -0.25) is 9.69 Å². The van der Waals surface area contributed by atoms with Gasteiger partial charge in [-0.1, -0.05) is 0 Å². The zero-order valence-corrected chi connectivity index (χ0v) is 19.5. The van der Waals surface area contributed by atoms with Crippen LogP contribution >= 0.6 is 11.3 Å². The highest BCUT2D eigenvalue weighted by Gasteiger charge is 2.30. The third-order valence-corrected chi connectivity index (χ3v) is 5.99. The Morgan fingerprint density at radius 3 is 2.47 bits per heavy atom. The number of amides is 2. The molecule has 0 saturated carbocycles. The summed E-state index contributed by atoms with van der Waals surface area (Å²) in [6, 6.07) is 0. The van der Waals surface area contributed by atoms with Gasteiger partial charge in [0.05, 0.1) is 17.9 Å². The third-order valence-electron chi connectivity index (χ3n) is 5.18. The van der Waals surface area contributed by atoms with Gasteiger partial charge in [0.2, 0.25) is 5.91 Å². The number of likely N-dealkylation sites (tertiary alicyclic amines) is 1. The molecule has 0 aromatic carbocycles. The Kier molecular flexibility index (Phi) is 7.36. The van der Waals surface area contributed by atoms with Crippen LogP contribution in [0.25, 0.3) is 0 Å². The van der Waals surface area contributed by atoms with Gasteiger partial charge in [0.1, 0.15) is 5.60 Å².